The van der Waals surface area contributed by atoms with Crippen LogP contribution in [-0.4, -0.2) is 29.4 Å². The summed E-state index contributed by atoms with van der Waals surface area (Å²) in [6.45, 7) is 2.14. The molecule has 0 aliphatic rings. The number of ether oxygens (including phenoxy) is 1. The highest BCUT2D eigenvalue weighted by Crippen LogP contribution is 2.11. The Kier molecular flexibility index (Phi) is 4.99. The molecule has 0 saturated carbocycles. The maximum Gasteiger partial charge on any atom is 0.317 e. The lowest BCUT2D eigenvalue weighted by molar-refractivity contribution is -0.403. The van der Waals surface area contributed by atoms with Crippen LogP contribution in [0, 0.1) is 0 Å². The second kappa shape index (κ2) is 6.28. The van der Waals surface area contributed by atoms with Crippen molar-refractivity contribution in [1.82, 2.24) is 0 Å². The summed E-state index contributed by atoms with van der Waals surface area (Å²) in [6, 6.07) is 9.61. The maximum atomic E-state index is 11.2. The molecule has 0 aliphatic heterocycles. The normalized spacial score (nSPS) is 11.9. The van der Waals surface area contributed by atoms with E-state index in [1.165, 1.54) is 0 Å². The molecule has 0 aliphatic carbocycles. The van der Waals surface area contributed by atoms with Crippen molar-refractivity contribution in [1.29, 1.82) is 0 Å². The van der Waals surface area contributed by atoms with E-state index in [9.17, 15) is 4.79 Å². The number of esters is 1. The van der Waals surface area contributed by atoms with Crippen molar-refractivity contribution in [3.05, 3.63) is 30.3 Å². The number of hydrogen-bond acceptors (Lipinski definition) is 2. The lowest BCUT2D eigenvalue weighted by atomic mass is 10.3. The molecule has 86 valence electrons. The van der Waals surface area contributed by atoms with Crippen LogP contribution in [0.15, 0.2) is 30.3 Å². The standard InChI is InChI=1S/C12H15ClNO2/c1-3-16-12(15)9-11(13)14(2)10-7-5-4-6-8-10/h4-8H,3,9H2,1-2H3/q+1. The molecule has 16 heavy (non-hydrogen) atoms. The number of para-hydroxylation sites is 1. The van der Waals surface area contributed by atoms with Gasteiger partial charge in [-0.05, 0) is 18.5 Å². The van der Waals surface area contributed by atoms with Gasteiger partial charge in [0.2, 0.25) is 5.69 Å². The highest BCUT2D eigenvalue weighted by molar-refractivity contribution is 6.65. The van der Waals surface area contributed by atoms with Crippen LogP contribution in [0.2, 0.25) is 0 Å². The lowest BCUT2D eigenvalue weighted by Crippen LogP contribution is -2.14. The second-order valence-electron chi connectivity index (χ2n) is 3.25. The summed E-state index contributed by atoms with van der Waals surface area (Å²) in [4.78, 5) is 11.2. The summed E-state index contributed by atoms with van der Waals surface area (Å²) < 4.78 is 6.59. The van der Waals surface area contributed by atoms with Gasteiger partial charge in [0, 0.05) is 12.1 Å². The van der Waals surface area contributed by atoms with Gasteiger partial charge in [-0.3, -0.25) is 4.79 Å². The SMILES string of the molecule is CCOC(=O)CC(Cl)=[N+](C)c1ccccc1. The molecule has 0 unspecified atom stereocenters. The van der Waals surface area contributed by atoms with Gasteiger partial charge >= 0.3 is 5.97 Å². The van der Waals surface area contributed by atoms with Crippen LogP contribution in [0.1, 0.15) is 13.3 Å². The van der Waals surface area contributed by atoms with Gasteiger partial charge in [-0.2, -0.15) is 4.58 Å². The third-order valence-corrected chi connectivity index (χ3v) is 2.49. The highest BCUT2D eigenvalue weighted by Gasteiger charge is 2.15. The molecule has 1 rings (SSSR count). The molecule has 0 heterocycles. The van der Waals surface area contributed by atoms with Gasteiger partial charge in [0.15, 0.2) is 0 Å². The molecule has 0 fully saturated rings. The molecule has 0 amide bonds. The van der Waals surface area contributed by atoms with Gasteiger partial charge in [0.1, 0.15) is 13.5 Å². The zero-order valence-corrected chi connectivity index (χ0v) is 10.2. The van der Waals surface area contributed by atoms with Crippen molar-refractivity contribution >= 4 is 28.4 Å². The van der Waals surface area contributed by atoms with Crippen molar-refractivity contribution < 1.29 is 14.1 Å². The molecule has 3 nitrogen and oxygen atoms in total. The van der Waals surface area contributed by atoms with Gasteiger partial charge in [-0.25, -0.2) is 0 Å². The van der Waals surface area contributed by atoms with E-state index in [-0.39, 0.29) is 12.4 Å². The number of rotatable bonds is 4. The number of carbonyl (C=O) groups excluding carboxylic acids is 1. The number of benzene rings is 1. The molecule has 0 aromatic heterocycles. The first-order valence-electron chi connectivity index (χ1n) is 5.11. The summed E-state index contributed by atoms with van der Waals surface area (Å²) in [5, 5.41) is 0.449. The quantitative estimate of drug-likeness (QED) is 0.460. The summed E-state index contributed by atoms with van der Waals surface area (Å²) in [7, 11) is 1.82. The van der Waals surface area contributed by atoms with E-state index in [4.69, 9.17) is 16.3 Å². The molecule has 1 aromatic carbocycles. The fourth-order valence-electron chi connectivity index (χ4n) is 1.24. The summed E-state index contributed by atoms with van der Waals surface area (Å²) in [6.07, 6.45) is 0.0980. The van der Waals surface area contributed by atoms with Crippen LogP contribution in [0.4, 0.5) is 5.69 Å². The van der Waals surface area contributed by atoms with Gasteiger partial charge in [-0.15, -0.1) is 0 Å². The molecular weight excluding hydrogens is 226 g/mol. The summed E-state index contributed by atoms with van der Waals surface area (Å²) in [5.41, 5.74) is 0.941. The molecule has 0 bridgehead atoms. The molecule has 1 aromatic rings. The topological polar surface area (TPSA) is 29.3 Å². The van der Waals surface area contributed by atoms with Crippen LogP contribution >= 0.6 is 11.6 Å². The predicted molar refractivity (Wildman–Crippen MR) is 64.4 cm³/mol. The Bertz CT molecular complexity index is 387. The molecule has 0 atom stereocenters. The first kappa shape index (κ1) is 12.7. The molecular formula is C12H15ClNO2+. The van der Waals surface area contributed by atoms with Crippen molar-refractivity contribution in [2.75, 3.05) is 13.7 Å². The second-order valence-corrected chi connectivity index (χ2v) is 3.69. The molecule has 4 heteroatoms. The van der Waals surface area contributed by atoms with Crippen molar-refractivity contribution in [3.8, 4) is 0 Å². The zero-order chi connectivity index (χ0) is 12.0. The minimum absolute atomic E-state index is 0.0980. The number of halogens is 1. The lowest BCUT2D eigenvalue weighted by Gasteiger charge is -2.00. The number of carbonyl (C=O) groups is 1. The van der Waals surface area contributed by atoms with Gasteiger partial charge in [0.25, 0.3) is 5.17 Å². The van der Waals surface area contributed by atoms with Crippen molar-refractivity contribution in [2.24, 2.45) is 0 Å². The Morgan fingerprint density at radius 3 is 2.56 bits per heavy atom. The fourth-order valence-corrected chi connectivity index (χ4v) is 1.45. The van der Waals surface area contributed by atoms with E-state index in [0.29, 0.717) is 11.8 Å². The predicted octanol–water partition coefficient (Wildman–Crippen LogP) is 2.55. The average Bonchev–Trinajstić information content (AvgIpc) is 2.29. The van der Waals surface area contributed by atoms with Crippen molar-refractivity contribution in [2.45, 2.75) is 13.3 Å². The van der Waals surface area contributed by atoms with Crippen LogP contribution < -0.4 is 0 Å². The third kappa shape index (κ3) is 3.66. The third-order valence-electron chi connectivity index (χ3n) is 2.10. The molecule has 0 saturated heterocycles. The van der Waals surface area contributed by atoms with Crippen LogP contribution in [-0.2, 0) is 9.53 Å². The number of hydrogen-bond donors (Lipinski definition) is 0. The molecule has 0 N–H and O–H groups in total. The monoisotopic (exact) mass is 240 g/mol. The Hall–Kier alpha value is -1.35. The summed E-state index contributed by atoms with van der Waals surface area (Å²) in [5.74, 6) is -0.310. The van der Waals surface area contributed by atoms with E-state index < -0.39 is 0 Å². The minimum atomic E-state index is -0.310. The fraction of sp³-hybridized carbons (Fsp3) is 0.333. The Labute approximate surface area is 100 Å². The Morgan fingerprint density at radius 2 is 2.00 bits per heavy atom. The van der Waals surface area contributed by atoms with Gasteiger partial charge in [-0.1, -0.05) is 18.2 Å². The molecule has 0 spiro atoms. The van der Waals surface area contributed by atoms with Gasteiger partial charge in [0.05, 0.1) is 6.61 Å². The van der Waals surface area contributed by atoms with Crippen molar-refractivity contribution in [3.63, 3.8) is 0 Å². The van der Waals surface area contributed by atoms with E-state index in [1.54, 1.807) is 11.5 Å². The van der Waals surface area contributed by atoms with E-state index in [0.717, 1.165) is 5.69 Å². The summed E-state index contributed by atoms with van der Waals surface area (Å²) >= 11 is 6.04. The molecule has 0 radical (unpaired) electrons. The van der Waals surface area contributed by atoms with E-state index >= 15 is 0 Å². The van der Waals surface area contributed by atoms with Crippen LogP contribution in [0.5, 0.6) is 0 Å². The largest absolute Gasteiger partial charge is 0.466 e. The van der Waals surface area contributed by atoms with Crippen LogP contribution in [0.25, 0.3) is 0 Å². The Morgan fingerprint density at radius 1 is 1.38 bits per heavy atom. The smallest absolute Gasteiger partial charge is 0.317 e. The Balaban J connectivity index is 2.77. The average molecular weight is 241 g/mol. The zero-order valence-electron chi connectivity index (χ0n) is 9.44. The minimum Gasteiger partial charge on any atom is -0.466 e. The first-order valence-corrected chi connectivity index (χ1v) is 5.48. The highest BCUT2D eigenvalue weighted by atomic mass is 35.5. The first-order chi connectivity index (χ1) is 7.65. The van der Waals surface area contributed by atoms with E-state index in [2.05, 4.69) is 0 Å². The van der Waals surface area contributed by atoms with Gasteiger partial charge < -0.3 is 4.74 Å². The maximum absolute atomic E-state index is 11.2. The number of nitrogens with zero attached hydrogens (tertiary/aromatic N) is 1. The van der Waals surface area contributed by atoms with Crippen LogP contribution in [0.3, 0.4) is 0 Å². The van der Waals surface area contributed by atoms with E-state index in [1.807, 2.05) is 37.4 Å².